The standard InChI is InChI=1S/C17H18N2O4/c1-10-7-12-14(16(21)19-15(12)20)13(8-10)18-17(22)23-9-11-5-3-2-4-6-11/h2-6,8,12-14H,7,9H2,1H3,(H,18,22)(H,19,20,21)/t12-,13+,14-/m1/s1. The molecule has 1 aliphatic heterocycles. The van der Waals surface area contributed by atoms with Crippen LogP contribution in [-0.2, 0) is 20.9 Å². The molecule has 23 heavy (non-hydrogen) atoms. The van der Waals surface area contributed by atoms with Crippen molar-refractivity contribution in [3.8, 4) is 0 Å². The molecule has 3 atom stereocenters. The van der Waals surface area contributed by atoms with Gasteiger partial charge in [0.1, 0.15) is 6.61 Å². The van der Waals surface area contributed by atoms with E-state index in [0.29, 0.717) is 6.42 Å². The molecular weight excluding hydrogens is 296 g/mol. The summed E-state index contributed by atoms with van der Waals surface area (Å²) in [6.45, 7) is 2.04. The lowest BCUT2D eigenvalue weighted by molar-refractivity contribution is -0.126. The number of hydrogen-bond acceptors (Lipinski definition) is 4. The van der Waals surface area contributed by atoms with Crippen LogP contribution in [0.15, 0.2) is 42.0 Å². The molecule has 0 bridgehead atoms. The lowest BCUT2D eigenvalue weighted by Gasteiger charge is -2.28. The van der Waals surface area contributed by atoms with Crippen molar-refractivity contribution in [1.82, 2.24) is 10.6 Å². The monoisotopic (exact) mass is 314 g/mol. The van der Waals surface area contributed by atoms with Crippen LogP contribution in [-0.4, -0.2) is 23.9 Å². The van der Waals surface area contributed by atoms with E-state index in [2.05, 4.69) is 10.6 Å². The van der Waals surface area contributed by atoms with Crippen molar-refractivity contribution in [2.24, 2.45) is 11.8 Å². The van der Waals surface area contributed by atoms with E-state index >= 15 is 0 Å². The second-order valence-electron chi connectivity index (χ2n) is 5.93. The van der Waals surface area contributed by atoms with Crippen molar-refractivity contribution in [1.29, 1.82) is 0 Å². The Balaban J connectivity index is 1.64. The molecule has 2 N–H and O–H groups in total. The van der Waals surface area contributed by atoms with Crippen LogP contribution in [0.4, 0.5) is 4.79 Å². The number of nitrogens with one attached hydrogen (secondary N) is 2. The fraction of sp³-hybridized carbons (Fsp3) is 0.353. The Hall–Kier alpha value is -2.63. The first-order valence-electron chi connectivity index (χ1n) is 7.54. The average Bonchev–Trinajstić information content (AvgIpc) is 2.81. The van der Waals surface area contributed by atoms with Crippen molar-refractivity contribution >= 4 is 17.9 Å². The maximum atomic E-state index is 12.0. The van der Waals surface area contributed by atoms with Crippen LogP contribution in [0.1, 0.15) is 18.9 Å². The molecule has 2 aliphatic rings. The summed E-state index contributed by atoms with van der Waals surface area (Å²) in [5.41, 5.74) is 1.86. The molecule has 0 unspecified atom stereocenters. The Morgan fingerprint density at radius 1 is 1.26 bits per heavy atom. The zero-order chi connectivity index (χ0) is 16.4. The molecular formula is C17H18N2O4. The summed E-state index contributed by atoms with van der Waals surface area (Å²) in [4.78, 5) is 35.7. The van der Waals surface area contributed by atoms with Crippen molar-refractivity contribution in [3.63, 3.8) is 0 Å². The zero-order valence-corrected chi connectivity index (χ0v) is 12.7. The summed E-state index contributed by atoms with van der Waals surface area (Å²) < 4.78 is 5.18. The number of alkyl carbamates (subject to hydrolysis) is 1. The van der Waals surface area contributed by atoms with Crippen LogP contribution in [0.3, 0.4) is 0 Å². The van der Waals surface area contributed by atoms with Crippen LogP contribution in [0.2, 0.25) is 0 Å². The summed E-state index contributed by atoms with van der Waals surface area (Å²) in [6.07, 6.45) is 1.76. The Labute approximate surface area is 133 Å². The number of rotatable bonds is 3. The number of benzene rings is 1. The number of carbonyl (C=O) groups excluding carboxylic acids is 3. The topological polar surface area (TPSA) is 84.5 Å². The lowest BCUT2D eigenvalue weighted by atomic mass is 9.78. The van der Waals surface area contributed by atoms with Gasteiger partial charge in [-0.1, -0.05) is 42.0 Å². The molecule has 1 fully saturated rings. The first-order valence-corrected chi connectivity index (χ1v) is 7.54. The van der Waals surface area contributed by atoms with Crippen LogP contribution in [0.5, 0.6) is 0 Å². The minimum absolute atomic E-state index is 0.154. The summed E-state index contributed by atoms with van der Waals surface area (Å²) in [7, 11) is 0. The van der Waals surface area contributed by atoms with E-state index in [0.717, 1.165) is 11.1 Å². The van der Waals surface area contributed by atoms with Gasteiger partial charge in [-0.25, -0.2) is 4.79 Å². The van der Waals surface area contributed by atoms with Gasteiger partial charge < -0.3 is 10.1 Å². The molecule has 1 saturated heterocycles. The molecule has 0 spiro atoms. The fourth-order valence-electron chi connectivity index (χ4n) is 3.13. The number of allylic oxidation sites excluding steroid dienone is 1. The first kappa shape index (κ1) is 15.3. The fourth-order valence-corrected chi connectivity index (χ4v) is 3.13. The molecule has 1 heterocycles. The van der Waals surface area contributed by atoms with Crippen molar-refractivity contribution in [2.75, 3.05) is 0 Å². The van der Waals surface area contributed by atoms with Crippen LogP contribution in [0.25, 0.3) is 0 Å². The Morgan fingerprint density at radius 3 is 2.74 bits per heavy atom. The zero-order valence-electron chi connectivity index (χ0n) is 12.7. The molecule has 6 nitrogen and oxygen atoms in total. The van der Waals surface area contributed by atoms with Gasteiger partial charge in [-0.2, -0.15) is 0 Å². The molecule has 6 heteroatoms. The molecule has 0 aromatic heterocycles. The van der Waals surface area contributed by atoms with Gasteiger partial charge in [0.15, 0.2) is 0 Å². The van der Waals surface area contributed by atoms with Gasteiger partial charge in [0.05, 0.1) is 17.9 Å². The number of ether oxygens (including phenoxy) is 1. The SMILES string of the molecule is CC1=C[C@H](NC(=O)OCc2ccccc2)[C@@H]2C(=O)NC(=O)[C@@H]2C1. The van der Waals surface area contributed by atoms with E-state index in [9.17, 15) is 14.4 Å². The van der Waals surface area contributed by atoms with E-state index in [4.69, 9.17) is 4.74 Å². The summed E-state index contributed by atoms with van der Waals surface area (Å²) in [5.74, 6) is -1.57. The summed E-state index contributed by atoms with van der Waals surface area (Å²) >= 11 is 0. The van der Waals surface area contributed by atoms with Gasteiger partial charge in [-0.05, 0) is 18.9 Å². The van der Waals surface area contributed by atoms with Crippen molar-refractivity contribution in [3.05, 3.63) is 47.5 Å². The van der Waals surface area contributed by atoms with Gasteiger partial charge in [0.25, 0.3) is 0 Å². The van der Waals surface area contributed by atoms with Crippen LogP contribution >= 0.6 is 0 Å². The van der Waals surface area contributed by atoms with Gasteiger partial charge in [0.2, 0.25) is 11.8 Å². The maximum Gasteiger partial charge on any atom is 0.407 e. The lowest BCUT2D eigenvalue weighted by Crippen LogP contribution is -2.45. The maximum absolute atomic E-state index is 12.0. The minimum Gasteiger partial charge on any atom is -0.445 e. The predicted molar refractivity (Wildman–Crippen MR) is 82.1 cm³/mol. The number of fused-ring (bicyclic) bond motifs is 1. The third-order valence-electron chi connectivity index (χ3n) is 4.21. The second kappa shape index (κ2) is 6.24. The predicted octanol–water partition coefficient (Wildman–Crippen LogP) is 1.52. The highest BCUT2D eigenvalue weighted by molar-refractivity contribution is 6.06. The molecule has 0 radical (unpaired) electrons. The van der Waals surface area contributed by atoms with E-state index in [1.54, 1.807) is 0 Å². The molecule has 1 aliphatic carbocycles. The molecule has 1 aromatic carbocycles. The highest BCUT2D eigenvalue weighted by atomic mass is 16.5. The third-order valence-corrected chi connectivity index (χ3v) is 4.21. The van der Waals surface area contributed by atoms with Gasteiger partial charge in [-0.15, -0.1) is 0 Å². The van der Waals surface area contributed by atoms with Crippen LogP contribution in [0, 0.1) is 11.8 Å². The smallest absolute Gasteiger partial charge is 0.407 e. The molecule has 120 valence electrons. The highest BCUT2D eigenvalue weighted by Crippen LogP contribution is 2.33. The van der Waals surface area contributed by atoms with E-state index < -0.39 is 24.0 Å². The number of imide groups is 1. The van der Waals surface area contributed by atoms with Gasteiger partial charge in [-0.3, -0.25) is 14.9 Å². The largest absolute Gasteiger partial charge is 0.445 e. The number of carbonyl (C=O) groups is 3. The minimum atomic E-state index is -0.601. The Bertz CT molecular complexity index is 668. The van der Waals surface area contributed by atoms with E-state index in [1.807, 2.05) is 43.3 Å². The number of amides is 3. The highest BCUT2D eigenvalue weighted by Gasteiger charge is 2.47. The van der Waals surface area contributed by atoms with Crippen molar-refractivity contribution < 1.29 is 19.1 Å². The van der Waals surface area contributed by atoms with E-state index in [1.165, 1.54) is 0 Å². The Kier molecular flexibility index (Phi) is 4.14. The van der Waals surface area contributed by atoms with Crippen LogP contribution < -0.4 is 10.6 Å². The molecule has 3 rings (SSSR count). The van der Waals surface area contributed by atoms with E-state index in [-0.39, 0.29) is 18.4 Å². The van der Waals surface area contributed by atoms with Crippen molar-refractivity contribution in [2.45, 2.75) is 26.0 Å². The second-order valence-corrected chi connectivity index (χ2v) is 5.93. The Morgan fingerprint density at radius 2 is 2.00 bits per heavy atom. The number of hydrogen-bond donors (Lipinski definition) is 2. The van der Waals surface area contributed by atoms with Gasteiger partial charge >= 0.3 is 6.09 Å². The summed E-state index contributed by atoms with van der Waals surface area (Å²) in [6, 6.07) is 8.80. The summed E-state index contributed by atoms with van der Waals surface area (Å²) in [5, 5.41) is 5.03. The molecule has 1 aromatic rings. The molecule has 3 amide bonds. The average molecular weight is 314 g/mol. The van der Waals surface area contributed by atoms with Gasteiger partial charge in [0, 0.05) is 0 Å². The molecule has 0 saturated carbocycles. The first-order chi connectivity index (χ1) is 11.0. The quantitative estimate of drug-likeness (QED) is 0.654. The third kappa shape index (κ3) is 3.26. The normalized spacial score (nSPS) is 26.1.